The van der Waals surface area contributed by atoms with Gasteiger partial charge in [0.05, 0.1) is 4.90 Å². The molecule has 164 valence electrons. The van der Waals surface area contributed by atoms with Crippen LogP contribution in [0.4, 0.5) is 5.69 Å². The lowest BCUT2D eigenvalue weighted by Gasteiger charge is -2.15. The summed E-state index contributed by atoms with van der Waals surface area (Å²) < 4.78 is 26.6. The molecule has 1 N–H and O–H groups in total. The molecule has 0 amide bonds. The van der Waals surface area contributed by atoms with Crippen LogP contribution in [-0.4, -0.2) is 14.7 Å². The van der Waals surface area contributed by atoms with E-state index in [0.717, 1.165) is 21.7 Å². The summed E-state index contributed by atoms with van der Waals surface area (Å²) in [5.74, 6) is 0.534. The number of hydrogen-bond donors (Lipinski definition) is 1. The first-order chi connectivity index (χ1) is 15.3. The molecular formula is C25H24N2O2S3. The van der Waals surface area contributed by atoms with Gasteiger partial charge in [-0.1, -0.05) is 48.0 Å². The van der Waals surface area contributed by atoms with Gasteiger partial charge in [0.2, 0.25) is 9.84 Å². The van der Waals surface area contributed by atoms with E-state index in [0.29, 0.717) is 10.8 Å². The van der Waals surface area contributed by atoms with Crippen molar-refractivity contribution in [2.75, 3.05) is 11.6 Å². The lowest BCUT2D eigenvalue weighted by molar-refractivity contribution is 0.603. The van der Waals surface area contributed by atoms with E-state index in [1.54, 1.807) is 30.0 Å². The summed E-state index contributed by atoms with van der Waals surface area (Å²) in [5, 5.41) is 13.4. The monoisotopic (exact) mass is 480 g/mol. The van der Waals surface area contributed by atoms with Crippen molar-refractivity contribution in [2.45, 2.75) is 29.4 Å². The number of nitrogens with zero attached hydrogens (tertiary/aromatic N) is 1. The van der Waals surface area contributed by atoms with Crippen molar-refractivity contribution in [3.8, 4) is 6.07 Å². The normalized spacial score (nSPS) is 12.1. The summed E-state index contributed by atoms with van der Waals surface area (Å²) in [6, 6.07) is 23.9. The number of nitrogens with one attached hydrogen (secondary N) is 1. The van der Waals surface area contributed by atoms with Gasteiger partial charge in [0.15, 0.2) is 4.91 Å². The summed E-state index contributed by atoms with van der Waals surface area (Å²) in [7, 11) is -3.98. The van der Waals surface area contributed by atoms with Crippen LogP contribution in [0, 0.1) is 25.2 Å². The minimum absolute atomic E-state index is 0.0980. The standard InChI is InChI=1S/C25H24N2O2S3/c1-18-12-13-20(19(2)14-18)17-31-25(27-21-8-7-9-22(15-21)30-3)24(16-26)32(28,29)23-10-5-4-6-11-23/h4-15,27H,17H2,1-3H3/b25-24+. The van der Waals surface area contributed by atoms with E-state index in [4.69, 9.17) is 0 Å². The van der Waals surface area contributed by atoms with E-state index >= 15 is 0 Å². The van der Waals surface area contributed by atoms with Gasteiger partial charge in [-0.2, -0.15) is 5.26 Å². The van der Waals surface area contributed by atoms with Crippen LogP contribution in [0.3, 0.4) is 0 Å². The molecule has 0 radical (unpaired) electrons. The lowest BCUT2D eigenvalue weighted by atomic mass is 10.1. The summed E-state index contributed by atoms with van der Waals surface area (Å²) in [4.78, 5) is 0.854. The average Bonchev–Trinajstić information content (AvgIpc) is 2.79. The molecule has 0 aromatic heterocycles. The van der Waals surface area contributed by atoms with Crippen LogP contribution < -0.4 is 5.32 Å². The van der Waals surface area contributed by atoms with E-state index in [9.17, 15) is 13.7 Å². The van der Waals surface area contributed by atoms with E-state index in [2.05, 4.69) is 11.4 Å². The number of thioether (sulfide) groups is 2. The molecule has 0 aliphatic rings. The van der Waals surface area contributed by atoms with Crippen LogP contribution >= 0.6 is 23.5 Å². The molecule has 0 spiro atoms. The average molecular weight is 481 g/mol. The number of allylic oxidation sites excluding steroid dienone is 1. The number of rotatable bonds is 8. The molecule has 0 bridgehead atoms. The second-order valence-corrected chi connectivity index (χ2v) is 10.9. The van der Waals surface area contributed by atoms with Crippen LogP contribution in [0.1, 0.15) is 16.7 Å². The molecule has 0 saturated carbocycles. The van der Waals surface area contributed by atoms with E-state index in [1.165, 1.54) is 29.5 Å². The predicted molar refractivity (Wildman–Crippen MR) is 135 cm³/mol. The van der Waals surface area contributed by atoms with Crippen molar-refractivity contribution in [1.29, 1.82) is 5.26 Å². The van der Waals surface area contributed by atoms with Crippen molar-refractivity contribution in [2.24, 2.45) is 0 Å². The number of sulfone groups is 1. The summed E-state index contributed by atoms with van der Waals surface area (Å²) in [6.07, 6.45) is 1.98. The van der Waals surface area contributed by atoms with Gasteiger partial charge in [-0.25, -0.2) is 8.42 Å². The topological polar surface area (TPSA) is 70.0 Å². The number of benzene rings is 3. The Morgan fingerprint density at radius 2 is 1.75 bits per heavy atom. The summed E-state index contributed by atoms with van der Waals surface area (Å²) in [5.41, 5.74) is 4.12. The van der Waals surface area contributed by atoms with Crippen LogP contribution in [0.2, 0.25) is 0 Å². The molecule has 3 aromatic carbocycles. The zero-order chi connectivity index (χ0) is 23.1. The van der Waals surface area contributed by atoms with Crippen molar-refractivity contribution in [1.82, 2.24) is 0 Å². The maximum absolute atomic E-state index is 13.3. The lowest BCUT2D eigenvalue weighted by Crippen LogP contribution is -2.10. The van der Waals surface area contributed by atoms with E-state index < -0.39 is 9.84 Å². The number of anilines is 1. The zero-order valence-electron chi connectivity index (χ0n) is 18.1. The van der Waals surface area contributed by atoms with Gasteiger partial charge in [-0.05, 0) is 61.6 Å². The highest BCUT2D eigenvalue weighted by molar-refractivity contribution is 8.04. The highest BCUT2D eigenvalue weighted by Crippen LogP contribution is 2.32. The van der Waals surface area contributed by atoms with Gasteiger partial charge >= 0.3 is 0 Å². The van der Waals surface area contributed by atoms with Crippen molar-refractivity contribution in [3.05, 3.63) is 99.4 Å². The molecule has 3 aromatic rings. The van der Waals surface area contributed by atoms with Crippen molar-refractivity contribution in [3.63, 3.8) is 0 Å². The second kappa shape index (κ2) is 10.8. The summed E-state index contributed by atoms with van der Waals surface area (Å²) >= 11 is 2.91. The number of nitriles is 1. The van der Waals surface area contributed by atoms with Crippen LogP contribution in [0.15, 0.2) is 92.5 Å². The highest BCUT2D eigenvalue weighted by Gasteiger charge is 2.25. The quantitative estimate of drug-likeness (QED) is 0.292. The zero-order valence-corrected chi connectivity index (χ0v) is 20.6. The Kier molecular flexibility index (Phi) is 8.08. The Morgan fingerprint density at radius 1 is 1.00 bits per heavy atom. The van der Waals surface area contributed by atoms with E-state index in [1.807, 2.05) is 62.6 Å². The smallest absolute Gasteiger partial charge is 0.219 e. The maximum Gasteiger partial charge on any atom is 0.219 e. The molecule has 7 heteroatoms. The largest absolute Gasteiger partial charge is 0.349 e. The Morgan fingerprint density at radius 3 is 2.41 bits per heavy atom. The van der Waals surface area contributed by atoms with Crippen LogP contribution in [0.25, 0.3) is 0 Å². The Balaban J connectivity index is 2.05. The minimum Gasteiger partial charge on any atom is -0.349 e. The van der Waals surface area contributed by atoms with E-state index in [-0.39, 0.29) is 9.80 Å². The predicted octanol–water partition coefficient (Wildman–Crippen LogP) is 6.54. The third kappa shape index (κ3) is 5.77. The molecule has 32 heavy (non-hydrogen) atoms. The minimum atomic E-state index is -3.98. The SMILES string of the molecule is CSc1cccc(N/C(SCc2ccc(C)cc2C)=C(/C#N)S(=O)(=O)c2ccccc2)c1. The molecule has 3 rings (SSSR count). The molecule has 0 aliphatic carbocycles. The number of aryl methyl sites for hydroxylation is 2. The molecular weight excluding hydrogens is 456 g/mol. The summed E-state index contributed by atoms with van der Waals surface area (Å²) in [6.45, 7) is 4.07. The van der Waals surface area contributed by atoms with Gasteiger partial charge in [0, 0.05) is 16.3 Å². The van der Waals surface area contributed by atoms with Crippen LogP contribution in [0.5, 0.6) is 0 Å². The molecule has 0 unspecified atom stereocenters. The molecule has 0 fully saturated rings. The molecule has 0 atom stereocenters. The maximum atomic E-state index is 13.3. The van der Waals surface area contributed by atoms with Gasteiger partial charge in [-0.15, -0.1) is 23.5 Å². The molecule has 0 saturated heterocycles. The van der Waals surface area contributed by atoms with Crippen LogP contribution in [-0.2, 0) is 15.6 Å². The first kappa shape index (κ1) is 24.0. The fraction of sp³-hybridized carbons (Fsp3) is 0.160. The Hall–Kier alpha value is -2.66. The Labute approximate surface area is 198 Å². The fourth-order valence-electron chi connectivity index (χ4n) is 3.10. The van der Waals surface area contributed by atoms with Crippen molar-refractivity contribution >= 4 is 39.0 Å². The number of hydrogen-bond acceptors (Lipinski definition) is 6. The molecule has 0 aliphatic heterocycles. The van der Waals surface area contributed by atoms with Gasteiger partial charge in [0.1, 0.15) is 11.1 Å². The Bertz CT molecular complexity index is 1280. The first-order valence-electron chi connectivity index (χ1n) is 9.89. The van der Waals surface area contributed by atoms with Gasteiger partial charge < -0.3 is 5.32 Å². The highest BCUT2D eigenvalue weighted by atomic mass is 32.2. The third-order valence-corrected chi connectivity index (χ3v) is 8.46. The first-order valence-corrected chi connectivity index (χ1v) is 13.6. The second-order valence-electron chi connectivity index (χ2n) is 7.16. The van der Waals surface area contributed by atoms with Gasteiger partial charge in [-0.3, -0.25) is 0 Å². The fourth-order valence-corrected chi connectivity index (χ4v) is 6.22. The molecule has 4 nitrogen and oxygen atoms in total. The third-order valence-electron chi connectivity index (χ3n) is 4.83. The van der Waals surface area contributed by atoms with Crippen molar-refractivity contribution < 1.29 is 8.42 Å². The van der Waals surface area contributed by atoms with Gasteiger partial charge in [0.25, 0.3) is 0 Å². The molecule has 0 heterocycles.